The standard InChI is InChI=1S/C44H33F6N7/c1-22-13-31(17-33(15-22)43(45,46)47)28-7-10-35-36-11-8-29(32-14-23(2)16-34(18-32)44(48,49)50)21-40(36)57(39(35)20-28)38-12-9-30(41-53-24(3)51-25(4)54-41)19-37(38)42-55-26(5)52-27(6)56-42/h7-21H,1-6H3. The highest BCUT2D eigenvalue weighted by Crippen LogP contribution is 2.42. The molecule has 0 aliphatic rings. The molecule has 0 fully saturated rings. The molecule has 0 saturated heterocycles. The second-order valence-electron chi connectivity index (χ2n) is 14.2. The van der Waals surface area contributed by atoms with Gasteiger partial charge >= 0.3 is 12.4 Å². The van der Waals surface area contributed by atoms with Gasteiger partial charge in [-0.15, -0.1) is 0 Å². The zero-order valence-corrected chi connectivity index (χ0v) is 31.6. The number of nitrogens with zero attached hydrogens (tertiary/aromatic N) is 7. The van der Waals surface area contributed by atoms with Crippen LogP contribution in [0.5, 0.6) is 0 Å². The predicted molar refractivity (Wildman–Crippen MR) is 208 cm³/mol. The van der Waals surface area contributed by atoms with E-state index < -0.39 is 23.5 Å². The van der Waals surface area contributed by atoms with Crippen LogP contribution in [0.1, 0.15) is 45.6 Å². The fraction of sp³-hybridized carbons (Fsp3) is 0.182. The van der Waals surface area contributed by atoms with E-state index in [9.17, 15) is 26.3 Å². The highest BCUT2D eigenvalue weighted by Gasteiger charge is 2.32. The maximum atomic E-state index is 14.0. The summed E-state index contributed by atoms with van der Waals surface area (Å²) in [4.78, 5) is 27.3. The van der Waals surface area contributed by atoms with Crippen LogP contribution in [-0.2, 0) is 12.4 Å². The number of hydrogen-bond donors (Lipinski definition) is 0. The molecule has 0 bridgehead atoms. The van der Waals surface area contributed by atoms with Crippen LogP contribution >= 0.6 is 0 Å². The van der Waals surface area contributed by atoms with E-state index in [2.05, 4.69) is 19.9 Å². The molecule has 0 saturated carbocycles. The molecule has 13 heteroatoms. The number of alkyl halides is 6. The fourth-order valence-corrected chi connectivity index (χ4v) is 7.39. The summed E-state index contributed by atoms with van der Waals surface area (Å²) < 4.78 is 86.0. The quantitative estimate of drug-likeness (QED) is 0.162. The third kappa shape index (κ3) is 7.21. The van der Waals surface area contributed by atoms with Gasteiger partial charge in [0.05, 0.1) is 27.8 Å². The summed E-state index contributed by atoms with van der Waals surface area (Å²) in [5.74, 6) is 2.81. The van der Waals surface area contributed by atoms with Crippen LogP contribution in [0, 0.1) is 41.5 Å². The Morgan fingerprint density at radius 1 is 0.404 bits per heavy atom. The largest absolute Gasteiger partial charge is 0.416 e. The van der Waals surface area contributed by atoms with E-state index >= 15 is 0 Å². The first kappa shape index (κ1) is 37.4. The zero-order valence-electron chi connectivity index (χ0n) is 31.6. The average molecular weight is 774 g/mol. The van der Waals surface area contributed by atoms with Gasteiger partial charge in [0.25, 0.3) is 0 Å². The molecule has 286 valence electrons. The molecular weight excluding hydrogens is 741 g/mol. The van der Waals surface area contributed by atoms with Crippen LogP contribution in [0.15, 0.2) is 91.0 Å². The Morgan fingerprint density at radius 2 is 0.825 bits per heavy atom. The molecule has 8 aromatic rings. The van der Waals surface area contributed by atoms with Crippen molar-refractivity contribution in [1.82, 2.24) is 34.5 Å². The lowest BCUT2D eigenvalue weighted by molar-refractivity contribution is -0.138. The smallest absolute Gasteiger partial charge is 0.308 e. The van der Waals surface area contributed by atoms with Gasteiger partial charge in [0.1, 0.15) is 23.3 Å². The van der Waals surface area contributed by atoms with Gasteiger partial charge in [0, 0.05) is 21.9 Å². The van der Waals surface area contributed by atoms with Gasteiger partial charge in [-0.1, -0.05) is 36.4 Å². The van der Waals surface area contributed by atoms with E-state index in [4.69, 9.17) is 9.97 Å². The van der Waals surface area contributed by atoms with Crippen molar-refractivity contribution in [2.75, 3.05) is 0 Å². The molecule has 0 spiro atoms. The lowest BCUT2D eigenvalue weighted by Gasteiger charge is -2.16. The van der Waals surface area contributed by atoms with Crippen molar-refractivity contribution in [1.29, 1.82) is 0 Å². The summed E-state index contributed by atoms with van der Waals surface area (Å²) in [7, 11) is 0. The van der Waals surface area contributed by atoms with Crippen molar-refractivity contribution in [3.8, 4) is 50.7 Å². The topological polar surface area (TPSA) is 82.3 Å². The zero-order chi connectivity index (χ0) is 40.6. The van der Waals surface area contributed by atoms with Gasteiger partial charge in [-0.3, -0.25) is 0 Å². The van der Waals surface area contributed by atoms with E-state index in [0.29, 0.717) is 96.2 Å². The summed E-state index contributed by atoms with van der Waals surface area (Å²) in [6.45, 7) is 10.3. The molecule has 0 aliphatic heterocycles. The Bertz CT molecular complexity index is 2750. The minimum atomic E-state index is -4.55. The van der Waals surface area contributed by atoms with Crippen molar-refractivity contribution in [3.05, 3.63) is 137 Å². The van der Waals surface area contributed by atoms with Crippen molar-refractivity contribution in [2.45, 2.75) is 53.9 Å². The molecule has 0 amide bonds. The monoisotopic (exact) mass is 773 g/mol. The van der Waals surface area contributed by atoms with Crippen molar-refractivity contribution in [2.24, 2.45) is 0 Å². The fourth-order valence-electron chi connectivity index (χ4n) is 7.39. The lowest BCUT2D eigenvalue weighted by atomic mass is 9.98. The summed E-state index contributed by atoms with van der Waals surface area (Å²) in [6, 6.07) is 24.4. The van der Waals surface area contributed by atoms with E-state index in [-0.39, 0.29) is 0 Å². The highest BCUT2D eigenvalue weighted by molar-refractivity contribution is 6.11. The molecule has 0 N–H and O–H groups in total. The number of fused-ring (bicyclic) bond motifs is 3. The van der Waals surface area contributed by atoms with Crippen LogP contribution in [-0.4, -0.2) is 34.5 Å². The predicted octanol–water partition coefficient (Wildman–Crippen LogP) is 11.7. The molecular formula is C44H33F6N7. The number of rotatable bonds is 5. The third-order valence-electron chi connectivity index (χ3n) is 9.70. The first-order valence-electron chi connectivity index (χ1n) is 17.9. The van der Waals surface area contributed by atoms with Crippen LogP contribution in [0.25, 0.3) is 72.5 Å². The Labute approximate surface area is 323 Å². The van der Waals surface area contributed by atoms with Gasteiger partial charge in [0.15, 0.2) is 11.6 Å². The third-order valence-corrected chi connectivity index (χ3v) is 9.70. The van der Waals surface area contributed by atoms with Crippen molar-refractivity contribution in [3.63, 3.8) is 0 Å². The normalized spacial score (nSPS) is 12.2. The summed E-state index contributed by atoms with van der Waals surface area (Å²) in [6.07, 6.45) is -9.10. The molecule has 0 atom stereocenters. The van der Waals surface area contributed by atoms with Gasteiger partial charge in [-0.25, -0.2) is 29.9 Å². The second-order valence-corrected chi connectivity index (χ2v) is 14.2. The van der Waals surface area contributed by atoms with Crippen LogP contribution in [0.2, 0.25) is 0 Å². The van der Waals surface area contributed by atoms with E-state index in [1.165, 1.54) is 0 Å². The summed E-state index contributed by atoms with van der Waals surface area (Å²) >= 11 is 0. The summed E-state index contributed by atoms with van der Waals surface area (Å²) in [5.41, 5.74) is 4.29. The first-order valence-corrected chi connectivity index (χ1v) is 17.9. The molecule has 57 heavy (non-hydrogen) atoms. The van der Waals surface area contributed by atoms with Crippen molar-refractivity contribution >= 4 is 21.8 Å². The van der Waals surface area contributed by atoms with Gasteiger partial charge in [0.2, 0.25) is 0 Å². The molecule has 0 unspecified atom stereocenters. The Morgan fingerprint density at radius 3 is 1.26 bits per heavy atom. The van der Waals surface area contributed by atoms with Gasteiger partial charge in [-0.05, 0) is 130 Å². The molecule has 0 aliphatic carbocycles. The second kappa shape index (κ2) is 13.6. The Kier molecular flexibility index (Phi) is 8.94. The van der Waals surface area contributed by atoms with E-state index in [1.54, 1.807) is 65.8 Å². The average Bonchev–Trinajstić information content (AvgIpc) is 3.45. The Balaban J connectivity index is 1.47. The molecule has 3 heterocycles. The number of benzene rings is 5. The first-order chi connectivity index (χ1) is 26.9. The van der Waals surface area contributed by atoms with Crippen LogP contribution < -0.4 is 0 Å². The SMILES string of the molecule is Cc1cc(-c2ccc3c4ccc(-c5cc(C)cc(C(F)(F)F)c5)cc4n(-c4ccc(-c5nc(C)nc(C)n5)cc4-c4nc(C)nc(C)n4)c3c2)cc(C(F)(F)F)c1. The summed E-state index contributed by atoms with van der Waals surface area (Å²) in [5, 5.41) is 1.54. The number of aryl methyl sites for hydroxylation is 6. The number of hydrogen-bond acceptors (Lipinski definition) is 6. The minimum Gasteiger partial charge on any atom is -0.308 e. The molecule has 0 radical (unpaired) electrons. The Hall–Kier alpha value is -6.50. The lowest BCUT2D eigenvalue weighted by Crippen LogP contribution is -2.05. The molecule has 8 rings (SSSR count). The van der Waals surface area contributed by atoms with E-state index in [0.717, 1.165) is 35.0 Å². The molecule has 3 aromatic heterocycles. The van der Waals surface area contributed by atoms with Crippen LogP contribution in [0.4, 0.5) is 26.3 Å². The van der Waals surface area contributed by atoms with Gasteiger partial charge in [-0.2, -0.15) is 26.3 Å². The molecule has 7 nitrogen and oxygen atoms in total. The van der Waals surface area contributed by atoms with Crippen molar-refractivity contribution < 1.29 is 26.3 Å². The highest BCUT2D eigenvalue weighted by atomic mass is 19.4. The maximum absolute atomic E-state index is 14.0. The van der Waals surface area contributed by atoms with Crippen LogP contribution in [0.3, 0.4) is 0 Å². The number of aromatic nitrogens is 7. The number of halogens is 6. The molecule has 5 aromatic carbocycles. The van der Waals surface area contributed by atoms with Gasteiger partial charge < -0.3 is 4.57 Å². The maximum Gasteiger partial charge on any atom is 0.416 e. The van der Waals surface area contributed by atoms with E-state index in [1.807, 2.05) is 47.0 Å². The minimum absolute atomic E-state index is 0.351.